The lowest BCUT2D eigenvalue weighted by Gasteiger charge is -2.13. The second-order valence-corrected chi connectivity index (χ2v) is 8.14. The fraction of sp³-hybridized carbons (Fsp3) is 0.250. The van der Waals surface area contributed by atoms with E-state index in [1.807, 2.05) is 54.6 Å². The van der Waals surface area contributed by atoms with Crippen molar-refractivity contribution in [1.82, 2.24) is 4.98 Å². The van der Waals surface area contributed by atoms with Gasteiger partial charge in [-0.3, -0.25) is 9.59 Å². The van der Waals surface area contributed by atoms with Gasteiger partial charge in [0.2, 0.25) is 0 Å². The van der Waals surface area contributed by atoms with Gasteiger partial charge in [-0.15, -0.1) is 11.3 Å². The molecule has 0 amide bonds. The van der Waals surface area contributed by atoms with E-state index in [0.29, 0.717) is 0 Å². The van der Waals surface area contributed by atoms with Gasteiger partial charge in [0, 0.05) is 0 Å². The number of carbonyl (C=O) groups is 2. The third-order valence-electron chi connectivity index (χ3n) is 3.66. The normalized spacial score (nSPS) is 11.9. The van der Waals surface area contributed by atoms with Crippen LogP contribution in [0.1, 0.15) is 18.9 Å². The number of nitrogens with zero attached hydrogens (tertiary/aromatic N) is 1. The first-order valence-electron chi connectivity index (χ1n) is 8.54. The molecule has 0 fully saturated rings. The zero-order valence-corrected chi connectivity index (χ0v) is 16.4. The zero-order valence-electron chi connectivity index (χ0n) is 14.8. The molecule has 1 heterocycles. The summed E-state index contributed by atoms with van der Waals surface area (Å²) < 4.78 is 12.2. The molecule has 0 aliphatic rings. The van der Waals surface area contributed by atoms with Crippen LogP contribution in [0.4, 0.5) is 0 Å². The standard InChI is InChI=1S/C20H19NO4S2/c1-2-24-19(23)17(12-18(22)25-13-14-8-4-3-5-9-14)27-20-21-15-10-6-7-11-16(15)26-20/h3-11,17H,2,12-13H2,1H3. The van der Waals surface area contributed by atoms with Crippen molar-refractivity contribution in [1.29, 1.82) is 0 Å². The lowest BCUT2D eigenvalue weighted by atomic mass is 10.2. The SMILES string of the molecule is CCOC(=O)C(CC(=O)OCc1ccccc1)Sc1nc2ccccc2s1. The molecule has 5 nitrogen and oxygen atoms in total. The molecule has 1 aromatic heterocycles. The van der Waals surface area contributed by atoms with Crippen molar-refractivity contribution in [2.24, 2.45) is 0 Å². The van der Waals surface area contributed by atoms with Gasteiger partial charge in [-0.05, 0) is 24.6 Å². The van der Waals surface area contributed by atoms with Gasteiger partial charge in [-0.25, -0.2) is 4.98 Å². The summed E-state index contributed by atoms with van der Waals surface area (Å²) in [7, 11) is 0. The van der Waals surface area contributed by atoms with E-state index in [4.69, 9.17) is 9.47 Å². The Morgan fingerprint density at radius 1 is 1.07 bits per heavy atom. The minimum Gasteiger partial charge on any atom is -0.465 e. The highest BCUT2D eigenvalue weighted by atomic mass is 32.2. The largest absolute Gasteiger partial charge is 0.465 e. The monoisotopic (exact) mass is 401 g/mol. The maximum absolute atomic E-state index is 12.3. The Bertz CT molecular complexity index is 878. The summed E-state index contributed by atoms with van der Waals surface area (Å²) in [6.45, 7) is 2.18. The van der Waals surface area contributed by atoms with Crippen LogP contribution in [0.3, 0.4) is 0 Å². The summed E-state index contributed by atoms with van der Waals surface area (Å²) in [6, 6.07) is 17.2. The molecule has 7 heteroatoms. The van der Waals surface area contributed by atoms with Crippen LogP contribution in [0.25, 0.3) is 10.2 Å². The first kappa shape index (κ1) is 19.4. The highest BCUT2D eigenvalue weighted by Gasteiger charge is 2.27. The minimum absolute atomic E-state index is 0.0632. The fourth-order valence-electron chi connectivity index (χ4n) is 2.38. The highest BCUT2D eigenvalue weighted by molar-refractivity contribution is 8.02. The van der Waals surface area contributed by atoms with Gasteiger partial charge in [0.25, 0.3) is 0 Å². The Morgan fingerprint density at radius 3 is 2.56 bits per heavy atom. The molecule has 3 aromatic rings. The van der Waals surface area contributed by atoms with Crippen LogP contribution >= 0.6 is 23.1 Å². The summed E-state index contributed by atoms with van der Waals surface area (Å²) in [5, 5.41) is -0.686. The average molecular weight is 402 g/mol. The van der Waals surface area contributed by atoms with Crippen LogP contribution < -0.4 is 0 Å². The van der Waals surface area contributed by atoms with E-state index in [9.17, 15) is 9.59 Å². The summed E-state index contributed by atoms with van der Waals surface area (Å²) in [4.78, 5) is 29.1. The molecule has 0 radical (unpaired) electrons. The number of thiazole rings is 1. The van der Waals surface area contributed by atoms with Gasteiger partial charge in [0.15, 0.2) is 4.34 Å². The van der Waals surface area contributed by atoms with Crippen LogP contribution in [0, 0.1) is 0 Å². The van der Waals surface area contributed by atoms with E-state index in [-0.39, 0.29) is 19.6 Å². The molecule has 2 aromatic carbocycles. The molecule has 0 bridgehead atoms. The molecular weight excluding hydrogens is 382 g/mol. The number of carbonyl (C=O) groups excluding carboxylic acids is 2. The first-order chi connectivity index (χ1) is 13.2. The van der Waals surface area contributed by atoms with Gasteiger partial charge in [0.05, 0.1) is 23.2 Å². The summed E-state index contributed by atoms with van der Waals surface area (Å²) in [5.74, 6) is -0.871. The summed E-state index contributed by atoms with van der Waals surface area (Å²) in [6.07, 6.45) is -0.0632. The van der Waals surface area contributed by atoms with E-state index in [1.165, 1.54) is 23.1 Å². The summed E-state index contributed by atoms with van der Waals surface area (Å²) in [5.41, 5.74) is 1.77. The van der Waals surface area contributed by atoms with Gasteiger partial charge in [-0.1, -0.05) is 54.2 Å². The topological polar surface area (TPSA) is 65.5 Å². The second-order valence-electron chi connectivity index (χ2n) is 5.66. The molecule has 0 saturated heterocycles. The number of thioether (sulfide) groups is 1. The third kappa shape index (κ3) is 5.55. The number of para-hydroxylation sites is 1. The molecule has 1 atom stereocenters. The molecule has 140 valence electrons. The molecule has 0 aliphatic carbocycles. The second kappa shape index (κ2) is 9.53. The lowest BCUT2D eigenvalue weighted by Crippen LogP contribution is -2.24. The molecule has 0 saturated carbocycles. The quantitative estimate of drug-likeness (QED) is 0.410. The Labute approximate surface area is 165 Å². The van der Waals surface area contributed by atoms with Crippen molar-refractivity contribution in [3.05, 3.63) is 60.2 Å². The molecular formula is C20H19NO4S2. The molecule has 1 unspecified atom stereocenters. The van der Waals surface area contributed by atoms with E-state index in [2.05, 4.69) is 4.98 Å². The third-order valence-corrected chi connectivity index (χ3v) is 5.97. The van der Waals surface area contributed by atoms with Crippen molar-refractivity contribution >= 4 is 45.3 Å². The maximum atomic E-state index is 12.3. The van der Waals surface area contributed by atoms with E-state index in [0.717, 1.165) is 20.1 Å². The Balaban J connectivity index is 1.65. The van der Waals surface area contributed by atoms with Gasteiger partial charge in [-0.2, -0.15) is 0 Å². The smallest absolute Gasteiger partial charge is 0.320 e. The molecule has 27 heavy (non-hydrogen) atoms. The van der Waals surface area contributed by atoms with Gasteiger partial charge < -0.3 is 9.47 Å². The van der Waals surface area contributed by atoms with Crippen LogP contribution in [0.5, 0.6) is 0 Å². The summed E-state index contributed by atoms with van der Waals surface area (Å²) >= 11 is 2.73. The van der Waals surface area contributed by atoms with Crippen molar-refractivity contribution in [2.75, 3.05) is 6.61 Å². The van der Waals surface area contributed by atoms with Crippen molar-refractivity contribution in [3.63, 3.8) is 0 Å². The Kier molecular flexibility index (Phi) is 6.84. The number of fused-ring (bicyclic) bond motifs is 1. The molecule has 0 N–H and O–H groups in total. The maximum Gasteiger partial charge on any atom is 0.320 e. The van der Waals surface area contributed by atoms with Crippen molar-refractivity contribution in [3.8, 4) is 0 Å². The van der Waals surface area contributed by atoms with E-state index < -0.39 is 17.2 Å². The predicted octanol–water partition coefficient (Wildman–Crippen LogP) is 4.45. The fourth-order valence-corrected chi connectivity index (χ4v) is 4.67. The number of rotatable bonds is 8. The van der Waals surface area contributed by atoms with E-state index >= 15 is 0 Å². The van der Waals surface area contributed by atoms with Gasteiger partial charge in [0.1, 0.15) is 11.9 Å². The number of esters is 2. The average Bonchev–Trinajstić information content (AvgIpc) is 3.09. The molecule has 0 aliphatic heterocycles. The van der Waals surface area contributed by atoms with Crippen LogP contribution in [-0.4, -0.2) is 28.8 Å². The minimum atomic E-state index is -0.686. The van der Waals surface area contributed by atoms with E-state index in [1.54, 1.807) is 6.92 Å². The van der Waals surface area contributed by atoms with Crippen LogP contribution in [-0.2, 0) is 25.7 Å². The van der Waals surface area contributed by atoms with Crippen molar-refractivity contribution in [2.45, 2.75) is 29.5 Å². The number of hydrogen-bond donors (Lipinski definition) is 0. The highest BCUT2D eigenvalue weighted by Crippen LogP contribution is 2.33. The lowest BCUT2D eigenvalue weighted by molar-refractivity contribution is -0.150. The van der Waals surface area contributed by atoms with Crippen LogP contribution in [0.2, 0.25) is 0 Å². The number of hydrogen-bond acceptors (Lipinski definition) is 7. The predicted molar refractivity (Wildman–Crippen MR) is 107 cm³/mol. The number of ether oxygens (including phenoxy) is 2. The number of aromatic nitrogens is 1. The Morgan fingerprint density at radius 2 is 1.81 bits per heavy atom. The zero-order chi connectivity index (χ0) is 19.1. The number of benzene rings is 2. The van der Waals surface area contributed by atoms with Gasteiger partial charge >= 0.3 is 11.9 Å². The molecule has 0 spiro atoms. The Hall–Kier alpha value is -2.38. The first-order valence-corrected chi connectivity index (χ1v) is 10.2. The van der Waals surface area contributed by atoms with Crippen molar-refractivity contribution < 1.29 is 19.1 Å². The molecule has 3 rings (SSSR count). The van der Waals surface area contributed by atoms with Crippen LogP contribution in [0.15, 0.2) is 58.9 Å².